The average molecular weight is 569 g/mol. The van der Waals surface area contributed by atoms with Crippen molar-refractivity contribution in [3.05, 3.63) is 59.2 Å². The summed E-state index contributed by atoms with van der Waals surface area (Å²) in [5, 5.41) is 9.60. The third-order valence-corrected chi connectivity index (χ3v) is 7.47. The fourth-order valence-electron chi connectivity index (χ4n) is 5.12. The number of carbonyl (C=O) groups is 1. The van der Waals surface area contributed by atoms with Gasteiger partial charge in [0, 0.05) is 23.4 Å². The average Bonchev–Trinajstić information content (AvgIpc) is 2.88. The lowest BCUT2D eigenvalue weighted by molar-refractivity contribution is -0.224. The highest BCUT2D eigenvalue weighted by molar-refractivity contribution is 5.92. The Kier molecular flexibility index (Phi) is 10.8. The predicted octanol–water partition coefficient (Wildman–Crippen LogP) is 8.24. The minimum atomic E-state index is -4.23. The van der Waals surface area contributed by atoms with E-state index < -0.39 is 30.6 Å². The molecule has 3 rings (SSSR count). The number of hydrogen-bond acceptors (Lipinski definition) is 4. The Morgan fingerprint density at radius 1 is 0.950 bits per heavy atom. The van der Waals surface area contributed by atoms with Crippen molar-refractivity contribution in [3.63, 3.8) is 0 Å². The molecular weight excluding hydrogens is 531 g/mol. The summed E-state index contributed by atoms with van der Waals surface area (Å²) in [5.41, 5.74) is 14.7. The molecule has 2 aromatic rings. The van der Waals surface area contributed by atoms with E-state index in [1.54, 1.807) is 12.1 Å². The van der Waals surface area contributed by atoms with Crippen LogP contribution < -0.4 is 16.2 Å². The minimum Gasteiger partial charge on any atom is -0.478 e. The lowest BCUT2D eigenvalue weighted by atomic mass is 9.79. The zero-order valence-corrected chi connectivity index (χ0v) is 22.4. The van der Waals surface area contributed by atoms with Gasteiger partial charge in [-0.3, -0.25) is 0 Å². The summed E-state index contributed by atoms with van der Waals surface area (Å²) >= 11 is 0. The van der Waals surface area contributed by atoms with Gasteiger partial charge in [-0.2, -0.15) is 22.0 Å². The SMILES string of the molecule is Nc1ccc(CCCCCC(=Cc2ccc(OC(F)(F)C3CCC(CCC(F)(F)F)CC3)cc2)C(=O)O)c(N)c1. The maximum atomic E-state index is 14.8. The van der Waals surface area contributed by atoms with Gasteiger partial charge in [-0.05, 0) is 105 Å². The van der Waals surface area contributed by atoms with Crippen molar-refractivity contribution in [1.82, 2.24) is 0 Å². The molecule has 0 atom stereocenters. The summed E-state index contributed by atoms with van der Waals surface area (Å²) in [5.74, 6) is -2.37. The Morgan fingerprint density at radius 2 is 1.62 bits per heavy atom. The second-order valence-corrected chi connectivity index (χ2v) is 10.6. The predicted molar refractivity (Wildman–Crippen MR) is 146 cm³/mol. The van der Waals surface area contributed by atoms with Crippen LogP contribution in [0.5, 0.6) is 5.75 Å². The monoisotopic (exact) mass is 568 g/mol. The lowest BCUT2D eigenvalue weighted by Crippen LogP contribution is -2.37. The molecule has 1 fully saturated rings. The van der Waals surface area contributed by atoms with E-state index in [2.05, 4.69) is 0 Å². The number of nitrogens with two attached hydrogens (primary N) is 2. The zero-order valence-electron chi connectivity index (χ0n) is 22.4. The lowest BCUT2D eigenvalue weighted by Gasteiger charge is -2.33. The van der Waals surface area contributed by atoms with Crippen LogP contribution in [0.4, 0.5) is 33.3 Å². The summed E-state index contributed by atoms with van der Waals surface area (Å²) in [7, 11) is 0. The van der Waals surface area contributed by atoms with Gasteiger partial charge in [0.05, 0.1) is 5.92 Å². The van der Waals surface area contributed by atoms with Crippen LogP contribution in [0, 0.1) is 11.8 Å². The largest absolute Gasteiger partial charge is 0.478 e. The quantitative estimate of drug-likeness (QED) is 0.0978. The first-order valence-corrected chi connectivity index (χ1v) is 13.6. The summed E-state index contributed by atoms with van der Waals surface area (Å²) < 4.78 is 71.8. The minimum absolute atomic E-state index is 0.0330. The van der Waals surface area contributed by atoms with E-state index in [0.29, 0.717) is 42.6 Å². The van der Waals surface area contributed by atoms with Gasteiger partial charge < -0.3 is 21.3 Å². The fraction of sp³-hybridized carbons (Fsp3) is 0.500. The number of carboxylic acid groups (broad SMARTS) is 1. The summed E-state index contributed by atoms with van der Waals surface area (Å²) in [6.07, 6.45) is -2.81. The fourth-order valence-corrected chi connectivity index (χ4v) is 5.12. The number of ether oxygens (including phenoxy) is 1. The Bertz CT molecular complexity index is 1140. The number of aryl methyl sites for hydroxylation is 1. The number of unbranched alkanes of at least 4 members (excludes halogenated alkanes) is 2. The first-order chi connectivity index (χ1) is 18.8. The molecule has 0 bridgehead atoms. The first-order valence-electron chi connectivity index (χ1n) is 13.6. The molecule has 0 unspecified atom stereocenters. The highest BCUT2D eigenvalue weighted by atomic mass is 19.4. The molecule has 40 heavy (non-hydrogen) atoms. The van der Waals surface area contributed by atoms with E-state index in [4.69, 9.17) is 16.2 Å². The van der Waals surface area contributed by atoms with Gasteiger partial charge in [-0.15, -0.1) is 0 Å². The molecule has 1 saturated carbocycles. The van der Waals surface area contributed by atoms with Crippen molar-refractivity contribution >= 4 is 23.4 Å². The summed E-state index contributed by atoms with van der Waals surface area (Å²) in [6, 6.07) is 11.2. The van der Waals surface area contributed by atoms with Gasteiger partial charge in [0.15, 0.2) is 0 Å². The van der Waals surface area contributed by atoms with Crippen LogP contribution in [-0.4, -0.2) is 23.4 Å². The molecule has 10 heteroatoms. The third-order valence-electron chi connectivity index (χ3n) is 7.47. The number of halogens is 5. The molecule has 2 aromatic carbocycles. The van der Waals surface area contributed by atoms with Gasteiger partial charge in [-0.1, -0.05) is 24.6 Å². The number of carboxylic acids is 1. The van der Waals surface area contributed by atoms with Crippen LogP contribution in [0.25, 0.3) is 6.08 Å². The number of benzene rings is 2. The number of anilines is 2. The van der Waals surface area contributed by atoms with Crippen LogP contribution in [0.1, 0.15) is 75.3 Å². The van der Waals surface area contributed by atoms with Crippen molar-refractivity contribution in [2.45, 2.75) is 82.9 Å². The second kappa shape index (κ2) is 13.9. The molecule has 1 aliphatic rings. The molecule has 0 aliphatic heterocycles. The van der Waals surface area contributed by atoms with E-state index in [0.717, 1.165) is 24.8 Å². The number of nitrogen functional groups attached to an aromatic ring is 2. The molecule has 1 aliphatic carbocycles. The maximum Gasteiger partial charge on any atom is 0.400 e. The molecule has 0 saturated heterocycles. The van der Waals surface area contributed by atoms with Crippen LogP contribution in [0.3, 0.4) is 0 Å². The van der Waals surface area contributed by atoms with Crippen LogP contribution >= 0.6 is 0 Å². The molecule has 5 N–H and O–H groups in total. The Hall–Kier alpha value is -3.30. The van der Waals surface area contributed by atoms with E-state index in [1.807, 2.05) is 6.07 Å². The van der Waals surface area contributed by atoms with Crippen molar-refractivity contribution in [2.24, 2.45) is 11.8 Å². The topological polar surface area (TPSA) is 98.6 Å². The molecule has 0 aromatic heterocycles. The Morgan fingerprint density at radius 3 is 2.23 bits per heavy atom. The maximum absolute atomic E-state index is 14.8. The van der Waals surface area contributed by atoms with Gasteiger partial charge in [0.2, 0.25) is 0 Å². The molecule has 0 heterocycles. The number of aliphatic carboxylic acids is 1. The number of hydrogen-bond donors (Lipinski definition) is 3. The van der Waals surface area contributed by atoms with E-state index in [9.17, 15) is 31.9 Å². The molecule has 0 amide bonds. The van der Waals surface area contributed by atoms with Crippen LogP contribution in [0.15, 0.2) is 48.0 Å². The van der Waals surface area contributed by atoms with Crippen molar-refractivity contribution in [2.75, 3.05) is 11.5 Å². The highest BCUT2D eigenvalue weighted by Crippen LogP contribution is 2.42. The molecular formula is C30H37F5N2O3. The Balaban J connectivity index is 1.47. The van der Waals surface area contributed by atoms with Gasteiger partial charge in [-0.25, -0.2) is 4.79 Å². The van der Waals surface area contributed by atoms with Gasteiger partial charge in [0.1, 0.15) is 5.75 Å². The van der Waals surface area contributed by atoms with Gasteiger partial charge in [0.25, 0.3) is 0 Å². The van der Waals surface area contributed by atoms with Crippen molar-refractivity contribution < 1.29 is 36.6 Å². The van der Waals surface area contributed by atoms with Gasteiger partial charge >= 0.3 is 18.3 Å². The summed E-state index contributed by atoms with van der Waals surface area (Å²) in [4.78, 5) is 11.7. The van der Waals surface area contributed by atoms with Crippen molar-refractivity contribution in [3.8, 4) is 5.75 Å². The standard InChI is InChI=1S/C30H37F5N2O3/c31-29(32,33)17-16-20-6-11-24(12-7-20)30(34,35)40-26-14-8-21(9-15-26)18-23(28(38)39)5-3-1-2-4-22-10-13-25(36)19-27(22)37/h8-10,13-15,18-20,24H,1-7,11-12,16-17,36-37H2,(H,38,39). The summed E-state index contributed by atoms with van der Waals surface area (Å²) in [6.45, 7) is 0. The van der Waals surface area contributed by atoms with E-state index in [-0.39, 0.29) is 36.5 Å². The first kappa shape index (κ1) is 31.2. The van der Waals surface area contributed by atoms with E-state index in [1.165, 1.54) is 30.3 Å². The molecule has 0 spiro atoms. The van der Waals surface area contributed by atoms with Crippen LogP contribution in [-0.2, 0) is 11.2 Å². The van der Waals surface area contributed by atoms with Crippen molar-refractivity contribution in [1.29, 1.82) is 0 Å². The molecule has 220 valence electrons. The molecule has 0 radical (unpaired) electrons. The van der Waals surface area contributed by atoms with E-state index >= 15 is 0 Å². The zero-order chi connectivity index (χ0) is 29.3. The second-order valence-electron chi connectivity index (χ2n) is 10.6. The smallest absolute Gasteiger partial charge is 0.400 e. The Labute approximate surface area is 231 Å². The number of alkyl halides is 5. The normalized spacial score (nSPS) is 18.5. The number of rotatable bonds is 13. The third kappa shape index (κ3) is 10.0. The highest BCUT2D eigenvalue weighted by Gasteiger charge is 2.44. The van der Waals surface area contributed by atoms with Crippen LogP contribution in [0.2, 0.25) is 0 Å². The molecule has 5 nitrogen and oxygen atoms in total.